The second kappa shape index (κ2) is 7.76. The van der Waals surface area contributed by atoms with Crippen LogP contribution in [0.1, 0.15) is 22.3 Å². The van der Waals surface area contributed by atoms with E-state index >= 15 is 0 Å². The van der Waals surface area contributed by atoms with E-state index in [1.165, 1.54) is 17.4 Å². The van der Waals surface area contributed by atoms with Gasteiger partial charge in [-0.05, 0) is 54.5 Å². The summed E-state index contributed by atoms with van der Waals surface area (Å²) in [5.74, 6) is -0.291. The summed E-state index contributed by atoms with van der Waals surface area (Å²) in [6, 6.07) is 12.4. The number of hydrogen-bond acceptors (Lipinski definition) is 5. The molecule has 1 aliphatic rings. The van der Waals surface area contributed by atoms with Gasteiger partial charge in [-0.15, -0.1) is 11.3 Å². The molecule has 7 heteroatoms. The number of thiophene rings is 1. The van der Waals surface area contributed by atoms with E-state index in [0.29, 0.717) is 12.2 Å². The molecular weight excluding hydrogens is 420 g/mol. The third-order valence-electron chi connectivity index (χ3n) is 5.70. The molecule has 32 heavy (non-hydrogen) atoms. The van der Waals surface area contributed by atoms with E-state index in [0.717, 1.165) is 48.2 Å². The van der Waals surface area contributed by atoms with E-state index < -0.39 is 0 Å². The summed E-state index contributed by atoms with van der Waals surface area (Å²) in [5, 5.41) is 12.6. The van der Waals surface area contributed by atoms with Crippen LogP contribution in [0.4, 0.5) is 11.4 Å². The SMILES string of the molecule is C=CC(=O)Nc1cc(-c2ccc3c(ccc4sc5c(c43)NC[C@@H](C)NC5=O)c2)cnc1C. The number of fused-ring (bicyclic) bond motifs is 5. The maximum Gasteiger partial charge on any atom is 0.263 e. The quantitative estimate of drug-likeness (QED) is 0.386. The first kappa shape index (κ1) is 20.2. The van der Waals surface area contributed by atoms with Gasteiger partial charge in [0.05, 0.1) is 17.1 Å². The highest BCUT2D eigenvalue weighted by atomic mass is 32.1. The Kier molecular flexibility index (Phi) is 4.90. The zero-order valence-electron chi connectivity index (χ0n) is 17.8. The van der Waals surface area contributed by atoms with Crippen molar-refractivity contribution in [3.63, 3.8) is 0 Å². The van der Waals surface area contributed by atoms with Gasteiger partial charge in [-0.2, -0.15) is 0 Å². The molecule has 6 nitrogen and oxygen atoms in total. The standard InChI is InChI=1S/C25H22N4O2S/c1-4-21(30)29-19-10-17(12-26-14(19)3)15-5-7-18-16(9-15)6-8-20-22(18)23-24(32-20)25(31)28-13(2)11-27-23/h4-10,12-13,27H,1,11H2,2-3H3,(H,28,31)(H,29,30)/t13-/m1/s1. The Morgan fingerprint density at radius 3 is 2.91 bits per heavy atom. The number of benzene rings is 2. The molecule has 0 saturated heterocycles. The van der Waals surface area contributed by atoms with E-state index in [2.05, 4.69) is 57.8 Å². The van der Waals surface area contributed by atoms with Crippen LogP contribution in [0.25, 0.3) is 32.0 Å². The highest BCUT2D eigenvalue weighted by molar-refractivity contribution is 7.21. The molecule has 2 aromatic heterocycles. The molecule has 1 aliphatic heterocycles. The molecule has 3 heterocycles. The van der Waals surface area contributed by atoms with Gasteiger partial charge in [0.15, 0.2) is 0 Å². The fourth-order valence-electron chi connectivity index (χ4n) is 4.03. The number of rotatable bonds is 3. The van der Waals surface area contributed by atoms with Crippen molar-refractivity contribution in [1.82, 2.24) is 10.3 Å². The van der Waals surface area contributed by atoms with Crippen LogP contribution in [0.5, 0.6) is 0 Å². The van der Waals surface area contributed by atoms with Crippen LogP contribution in [-0.4, -0.2) is 29.4 Å². The maximum atomic E-state index is 12.6. The summed E-state index contributed by atoms with van der Waals surface area (Å²) in [5.41, 5.74) is 4.23. The van der Waals surface area contributed by atoms with E-state index in [1.807, 2.05) is 26.1 Å². The lowest BCUT2D eigenvalue weighted by Gasteiger charge is -2.11. The molecule has 2 aromatic carbocycles. The van der Waals surface area contributed by atoms with Gasteiger partial charge in [0.1, 0.15) is 4.88 Å². The van der Waals surface area contributed by atoms with Crippen LogP contribution in [0.2, 0.25) is 0 Å². The van der Waals surface area contributed by atoms with Gasteiger partial charge in [0, 0.05) is 34.4 Å². The first-order valence-corrected chi connectivity index (χ1v) is 11.2. The van der Waals surface area contributed by atoms with E-state index in [4.69, 9.17) is 0 Å². The second-order valence-electron chi connectivity index (χ2n) is 7.99. The Labute approximate surface area is 189 Å². The van der Waals surface area contributed by atoms with Gasteiger partial charge in [-0.3, -0.25) is 14.6 Å². The van der Waals surface area contributed by atoms with Gasteiger partial charge in [-0.25, -0.2) is 0 Å². The van der Waals surface area contributed by atoms with E-state index in [1.54, 1.807) is 0 Å². The van der Waals surface area contributed by atoms with Crippen molar-refractivity contribution in [2.75, 3.05) is 17.2 Å². The van der Waals surface area contributed by atoms with Crippen LogP contribution in [0.15, 0.2) is 55.3 Å². The highest BCUT2D eigenvalue weighted by Gasteiger charge is 2.24. The minimum absolute atomic E-state index is 0.0247. The number of hydrogen-bond donors (Lipinski definition) is 3. The minimum Gasteiger partial charge on any atom is -0.381 e. The van der Waals surface area contributed by atoms with Crippen LogP contribution in [0, 0.1) is 6.92 Å². The second-order valence-corrected chi connectivity index (χ2v) is 9.04. The van der Waals surface area contributed by atoms with Gasteiger partial charge in [0.25, 0.3) is 5.91 Å². The number of carbonyl (C=O) groups is 2. The Bertz CT molecular complexity index is 1420. The zero-order chi connectivity index (χ0) is 22.4. The predicted molar refractivity (Wildman–Crippen MR) is 132 cm³/mol. The smallest absolute Gasteiger partial charge is 0.263 e. The number of aryl methyl sites for hydroxylation is 1. The average molecular weight is 443 g/mol. The van der Waals surface area contributed by atoms with Crippen LogP contribution in [-0.2, 0) is 4.79 Å². The Morgan fingerprint density at radius 2 is 2.09 bits per heavy atom. The number of anilines is 2. The molecule has 0 bridgehead atoms. The minimum atomic E-state index is -0.267. The lowest BCUT2D eigenvalue weighted by molar-refractivity contribution is -0.111. The summed E-state index contributed by atoms with van der Waals surface area (Å²) >= 11 is 1.52. The fourth-order valence-corrected chi connectivity index (χ4v) is 5.13. The van der Waals surface area contributed by atoms with Gasteiger partial charge >= 0.3 is 0 Å². The van der Waals surface area contributed by atoms with Gasteiger partial charge < -0.3 is 16.0 Å². The molecule has 2 amide bonds. The summed E-state index contributed by atoms with van der Waals surface area (Å²) in [7, 11) is 0. The molecule has 0 spiro atoms. The molecule has 0 radical (unpaired) electrons. The molecule has 1 atom stereocenters. The van der Waals surface area contributed by atoms with E-state index in [9.17, 15) is 9.59 Å². The van der Waals surface area contributed by atoms with Crippen molar-refractivity contribution >= 4 is 55.4 Å². The molecular formula is C25H22N4O2S. The van der Waals surface area contributed by atoms with Gasteiger partial charge in [-0.1, -0.05) is 24.8 Å². The Hall–Kier alpha value is -3.71. The van der Waals surface area contributed by atoms with Crippen molar-refractivity contribution in [3.05, 3.63) is 65.8 Å². The monoisotopic (exact) mass is 442 g/mol. The van der Waals surface area contributed by atoms with Crippen molar-refractivity contribution < 1.29 is 9.59 Å². The van der Waals surface area contributed by atoms with Crippen molar-refractivity contribution in [1.29, 1.82) is 0 Å². The lowest BCUT2D eigenvalue weighted by atomic mass is 9.99. The van der Waals surface area contributed by atoms with Crippen LogP contribution >= 0.6 is 11.3 Å². The summed E-state index contributed by atoms with van der Waals surface area (Å²) < 4.78 is 1.08. The summed E-state index contributed by atoms with van der Waals surface area (Å²) in [6.45, 7) is 8.04. The van der Waals surface area contributed by atoms with Crippen LogP contribution < -0.4 is 16.0 Å². The molecule has 0 saturated carbocycles. The third-order valence-corrected chi connectivity index (χ3v) is 6.86. The average Bonchev–Trinajstić information content (AvgIpc) is 3.11. The molecule has 0 unspecified atom stereocenters. The maximum absolute atomic E-state index is 12.6. The number of carbonyl (C=O) groups excluding carboxylic acids is 2. The Balaban J connectivity index is 1.62. The first-order valence-electron chi connectivity index (χ1n) is 10.4. The highest BCUT2D eigenvalue weighted by Crippen LogP contribution is 2.42. The number of pyridine rings is 1. The third kappa shape index (κ3) is 3.40. The molecule has 4 aromatic rings. The zero-order valence-corrected chi connectivity index (χ0v) is 18.6. The van der Waals surface area contributed by atoms with Gasteiger partial charge in [0.2, 0.25) is 5.91 Å². The molecule has 0 aliphatic carbocycles. The first-order chi connectivity index (χ1) is 15.4. The number of nitrogens with zero attached hydrogens (tertiary/aromatic N) is 1. The van der Waals surface area contributed by atoms with Crippen LogP contribution in [0.3, 0.4) is 0 Å². The molecule has 5 rings (SSSR count). The van der Waals surface area contributed by atoms with Crippen molar-refractivity contribution in [2.45, 2.75) is 19.9 Å². The predicted octanol–water partition coefficient (Wildman–Crippen LogP) is 5.09. The molecule has 160 valence electrons. The topological polar surface area (TPSA) is 83.1 Å². The molecule has 3 N–H and O–H groups in total. The number of nitrogens with one attached hydrogen (secondary N) is 3. The Morgan fingerprint density at radius 1 is 1.25 bits per heavy atom. The largest absolute Gasteiger partial charge is 0.381 e. The fraction of sp³-hybridized carbons (Fsp3) is 0.160. The molecule has 0 fully saturated rings. The number of aromatic nitrogens is 1. The normalized spacial score (nSPS) is 15.6. The van der Waals surface area contributed by atoms with Crippen molar-refractivity contribution in [2.24, 2.45) is 0 Å². The summed E-state index contributed by atoms with van der Waals surface area (Å²) in [4.78, 5) is 29.6. The van der Waals surface area contributed by atoms with E-state index in [-0.39, 0.29) is 17.9 Å². The summed E-state index contributed by atoms with van der Waals surface area (Å²) in [6.07, 6.45) is 3.05. The van der Waals surface area contributed by atoms with Crippen molar-refractivity contribution in [3.8, 4) is 11.1 Å². The lowest BCUT2D eigenvalue weighted by Crippen LogP contribution is -2.34. The number of amides is 2.